The van der Waals surface area contributed by atoms with Gasteiger partial charge in [0.05, 0.1) is 18.6 Å². The van der Waals surface area contributed by atoms with Gasteiger partial charge in [-0.3, -0.25) is 4.79 Å². The van der Waals surface area contributed by atoms with E-state index in [1.54, 1.807) is 13.0 Å². The third kappa shape index (κ3) is 5.16. The Labute approximate surface area is 145 Å². The van der Waals surface area contributed by atoms with Gasteiger partial charge < -0.3 is 13.9 Å². The zero-order valence-corrected chi connectivity index (χ0v) is 14.4. The molecule has 1 heterocycles. The first-order valence-electron chi connectivity index (χ1n) is 7.92. The lowest BCUT2D eigenvalue weighted by atomic mass is 10.2. The highest BCUT2D eigenvalue weighted by atomic mass is 19.1. The summed E-state index contributed by atoms with van der Waals surface area (Å²) in [6.45, 7) is 8.19. The van der Waals surface area contributed by atoms with Gasteiger partial charge in [0.2, 0.25) is 11.2 Å². The molecule has 1 aromatic carbocycles. The second-order valence-electron chi connectivity index (χ2n) is 5.42. The van der Waals surface area contributed by atoms with Crippen molar-refractivity contribution >= 4 is 11.0 Å². The third-order valence-corrected chi connectivity index (χ3v) is 3.48. The summed E-state index contributed by atoms with van der Waals surface area (Å²) in [6, 6.07) is 3.83. The standard InChI is InChI=1S/C20H21FO4/c1-4-14(2)7-5-6-10-23-11-12-24-20-15(3)25-18-9-8-16(21)13-17(18)19(20)22/h4-9,13H,1,10-12H2,2-3H3/b6-5-,14-7-. The minimum Gasteiger partial charge on any atom is -0.484 e. The van der Waals surface area contributed by atoms with Gasteiger partial charge >= 0.3 is 0 Å². The van der Waals surface area contributed by atoms with E-state index in [1.165, 1.54) is 12.1 Å². The van der Waals surface area contributed by atoms with Crippen molar-refractivity contribution in [2.24, 2.45) is 0 Å². The summed E-state index contributed by atoms with van der Waals surface area (Å²) >= 11 is 0. The number of ether oxygens (including phenoxy) is 2. The van der Waals surface area contributed by atoms with Crippen molar-refractivity contribution in [3.63, 3.8) is 0 Å². The molecule has 2 aromatic rings. The van der Waals surface area contributed by atoms with E-state index in [4.69, 9.17) is 13.9 Å². The van der Waals surface area contributed by atoms with Gasteiger partial charge in [0.1, 0.15) is 23.8 Å². The van der Waals surface area contributed by atoms with Crippen molar-refractivity contribution in [2.75, 3.05) is 19.8 Å². The zero-order valence-electron chi connectivity index (χ0n) is 14.4. The summed E-state index contributed by atoms with van der Waals surface area (Å²) in [5.41, 5.74) is 1.01. The SMILES string of the molecule is C=C/C(C)=C\C=C/COCCOc1c(C)oc2ccc(F)cc2c1=O. The van der Waals surface area contributed by atoms with Crippen molar-refractivity contribution < 1.29 is 18.3 Å². The summed E-state index contributed by atoms with van der Waals surface area (Å²) < 4.78 is 29.7. The molecule has 0 N–H and O–H groups in total. The lowest BCUT2D eigenvalue weighted by molar-refractivity contribution is 0.119. The molecule has 0 saturated carbocycles. The Morgan fingerprint density at radius 3 is 2.92 bits per heavy atom. The molecular formula is C20H21FO4. The summed E-state index contributed by atoms with van der Waals surface area (Å²) in [7, 11) is 0. The number of hydrogen-bond donors (Lipinski definition) is 0. The molecule has 0 bridgehead atoms. The monoisotopic (exact) mass is 344 g/mol. The highest BCUT2D eigenvalue weighted by Crippen LogP contribution is 2.20. The maximum atomic E-state index is 13.3. The maximum absolute atomic E-state index is 13.3. The van der Waals surface area contributed by atoms with Crippen LogP contribution >= 0.6 is 0 Å². The van der Waals surface area contributed by atoms with Crippen LogP contribution in [0.5, 0.6) is 5.75 Å². The lowest BCUT2D eigenvalue weighted by Crippen LogP contribution is -2.14. The normalized spacial score (nSPS) is 12.0. The molecule has 5 heteroatoms. The Kier molecular flexibility index (Phi) is 6.71. The Morgan fingerprint density at radius 1 is 1.36 bits per heavy atom. The van der Waals surface area contributed by atoms with E-state index < -0.39 is 5.82 Å². The average Bonchev–Trinajstić information content (AvgIpc) is 2.60. The van der Waals surface area contributed by atoms with Crippen molar-refractivity contribution in [1.29, 1.82) is 0 Å². The van der Waals surface area contributed by atoms with Crippen molar-refractivity contribution in [1.82, 2.24) is 0 Å². The van der Waals surface area contributed by atoms with Crippen molar-refractivity contribution in [3.05, 3.63) is 76.5 Å². The van der Waals surface area contributed by atoms with E-state index in [-0.39, 0.29) is 23.2 Å². The van der Waals surface area contributed by atoms with Crippen LogP contribution in [-0.2, 0) is 4.74 Å². The fourth-order valence-electron chi connectivity index (χ4n) is 2.13. The fourth-order valence-corrected chi connectivity index (χ4v) is 2.13. The fraction of sp³-hybridized carbons (Fsp3) is 0.250. The van der Waals surface area contributed by atoms with Crippen LogP contribution in [0.25, 0.3) is 11.0 Å². The van der Waals surface area contributed by atoms with E-state index in [0.717, 1.165) is 11.6 Å². The largest absolute Gasteiger partial charge is 0.484 e. The average molecular weight is 344 g/mol. The molecule has 2 rings (SSSR count). The highest BCUT2D eigenvalue weighted by Gasteiger charge is 2.13. The second-order valence-corrected chi connectivity index (χ2v) is 5.42. The van der Waals surface area contributed by atoms with E-state index in [1.807, 2.05) is 25.2 Å². The molecule has 0 atom stereocenters. The smallest absolute Gasteiger partial charge is 0.234 e. The summed E-state index contributed by atoms with van der Waals surface area (Å²) in [5.74, 6) is -0.0544. The van der Waals surface area contributed by atoms with Gasteiger partial charge in [-0.15, -0.1) is 0 Å². The van der Waals surface area contributed by atoms with Gasteiger partial charge in [-0.2, -0.15) is 0 Å². The topological polar surface area (TPSA) is 48.7 Å². The number of rotatable bonds is 8. The van der Waals surface area contributed by atoms with Crippen LogP contribution in [-0.4, -0.2) is 19.8 Å². The Balaban J connectivity index is 1.91. The number of allylic oxidation sites excluding steroid dienone is 4. The first kappa shape index (κ1) is 18.7. The molecule has 0 aliphatic carbocycles. The van der Waals surface area contributed by atoms with E-state index in [2.05, 4.69) is 6.58 Å². The minimum absolute atomic E-state index is 0.0850. The van der Waals surface area contributed by atoms with Gasteiger partial charge in [0, 0.05) is 0 Å². The summed E-state index contributed by atoms with van der Waals surface area (Å²) in [5, 5.41) is 0.161. The van der Waals surface area contributed by atoms with Crippen LogP contribution in [0, 0.1) is 12.7 Å². The molecule has 0 unspecified atom stereocenters. The molecule has 0 aliphatic rings. The van der Waals surface area contributed by atoms with Crippen molar-refractivity contribution in [2.45, 2.75) is 13.8 Å². The molecule has 132 valence electrons. The molecule has 0 radical (unpaired) electrons. The van der Waals surface area contributed by atoms with Gasteiger partial charge in [-0.1, -0.05) is 36.5 Å². The second kappa shape index (κ2) is 8.99. The first-order chi connectivity index (χ1) is 12.0. The van der Waals surface area contributed by atoms with Crippen molar-refractivity contribution in [3.8, 4) is 5.75 Å². The Hall–Kier alpha value is -2.66. The van der Waals surface area contributed by atoms with Gasteiger partial charge in [-0.05, 0) is 32.0 Å². The van der Waals surface area contributed by atoms with E-state index in [0.29, 0.717) is 24.6 Å². The maximum Gasteiger partial charge on any atom is 0.234 e. The van der Waals surface area contributed by atoms with Crippen LogP contribution in [0.3, 0.4) is 0 Å². The van der Waals surface area contributed by atoms with Gasteiger partial charge in [0.15, 0.2) is 0 Å². The molecule has 0 fully saturated rings. The predicted molar refractivity (Wildman–Crippen MR) is 96.6 cm³/mol. The number of aryl methyl sites for hydroxylation is 1. The molecule has 0 spiro atoms. The molecular weight excluding hydrogens is 323 g/mol. The number of hydrogen-bond acceptors (Lipinski definition) is 4. The number of fused-ring (bicyclic) bond motifs is 1. The van der Waals surface area contributed by atoms with Gasteiger partial charge in [0.25, 0.3) is 0 Å². The summed E-state index contributed by atoms with van der Waals surface area (Å²) in [4.78, 5) is 12.4. The van der Waals surface area contributed by atoms with E-state index >= 15 is 0 Å². The quantitative estimate of drug-likeness (QED) is 0.528. The molecule has 25 heavy (non-hydrogen) atoms. The molecule has 0 amide bonds. The summed E-state index contributed by atoms with van der Waals surface area (Å²) in [6.07, 6.45) is 7.44. The highest BCUT2D eigenvalue weighted by molar-refractivity contribution is 5.78. The molecule has 1 aromatic heterocycles. The van der Waals surface area contributed by atoms with Crippen LogP contribution in [0.1, 0.15) is 12.7 Å². The lowest BCUT2D eigenvalue weighted by Gasteiger charge is -2.09. The Bertz CT molecular complexity index is 862. The van der Waals surface area contributed by atoms with Crippen LogP contribution < -0.4 is 10.2 Å². The van der Waals surface area contributed by atoms with E-state index in [9.17, 15) is 9.18 Å². The van der Waals surface area contributed by atoms with Crippen LogP contribution in [0.15, 0.2) is 63.9 Å². The molecule has 0 aliphatic heterocycles. The predicted octanol–water partition coefficient (Wildman–Crippen LogP) is 4.32. The minimum atomic E-state index is -0.495. The van der Waals surface area contributed by atoms with Crippen LogP contribution in [0.2, 0.25) is 0 Å². The van der Waals surface area contributed by atoms with Gasteiger partial charge in [-0.25, -0.2) is 4.39 Å². The first-order valence-corrected chi connectivity index (χ1v) is 7.92. The Morgan fingerprint density at radius 2 is 2.16 bits per heavy atom. The zero-order chi connectivity index (χ0) is 18.2. The van der Waals surface area contributed by atoms with Crippen LogP contribution in [0.4, 0.5) is 4.39 Å². The molecule has 4 nitrogen and oxygen atoms in total. The molecule has 0 saturated heterocycles. The third-order valence-electron chi connectivity index (χ3n) is 3.48. The number of halogens is 1. The number of benzene rings is 1.